The van der Waals surface area contributed by atoms with Gasteiger partial charge in [0.15, 0.2) is 11.6 Å². The average molecular weight is 825 g/mol. The molecule has 306 valence electrons. The molecule has 5 aliphatic heterocycles. The number of rotatable bonds is 4. The van der Waals surface area contributed by atoms with Crippen LogP contribution < -0.4 is 10.6 Å². The fraction of sp³-hybridized carbons (Fsp3) is 0.524. The van der Waals surface area contributed by atoms with Crippen LogP contribution in [0.5, 0.6) is 0 Å². The summed E-state index contributed by atoms with van der Waals surface area (Å²) in [5.74, 6) is -1.44. The van der Waals surface area contributed by atoms with Crippen molar-refractivity contribution >= 4 is 58.6 Å². The number of Topliss-reactive ketones (excluding diaryl/α,β-unsaturated/α-hetero) is 2. The number of alkyl halides is 1. The molecule has 2 aromatic heterocycles. The normalized spacial score (nSPS) is 20.6. The van der Waals surface area contributed by atoms with Crippen LogP contribution in [0, 0.1) is 5.82 Å². The number of hydrogen-bond acceptors (Lipinski definition) is 9. The Hall–Kier alpha value is -4.06. The van der Waals surface area contributed by atoms with Crippen LogP contribution in [-0.4, -0.2) is 80.7 Å². The smallest absolute Gasteiger partial charge is 0.245 e. The molecule has 1 amide bonds. The molecule has 0 aliphatic carbocycles. The van der Waals surface area contributed by atoms with E-state index in [9.17, 15) is 23.3 Å². The Morgan fingerprint density at radius 1 is 0.982 bits per heavy atom. The quantitative estimate of drug-likeness (QED) is 0.158. The van der Waals surface area contributed by atoms with Gasteiger partial charge in [0.05, 0.1) is 29.7 Å². The van der Waals surface area contributed by atoms with E-state index in [1.165, 1.54) is 36.0 Å². The Balaban J connectivity index is 1.34. The van der Waals surface area contributed by atoms with Gasteiger partial charge in [-0.15, -0.1) is 0 Å². The summed E-state index contributed by atoms with van der Waals surface area (Å²) in [5.41, 5.74) is 2.69. The molecule has 1 saturated heterocycles. The lowest BCUT2D eigenvalue weighted by Crippen LogP contribution is -2.42. The third-order valence-corrected chi connectivity index (χ3v) is 13.2. The van der Waals surface area contributed by atoms with Crippen molar-refractivity contribution in [3.63, 3.8) is 0 Å². The summed E-state index contributed by atoms with van der Waals surface area (Å²) in [6.07, 6.45) is 12.2. The van der Waals surface area contributed by atoms with Gasteiger partial charge in [-0.3, -0.25) is 23.6 Å². The van der Waals surface area contributed by atoms with Gasteiger partial charge in [0.2, 0.25) is 19.2 Å². The van der Waals surface area contributed by atoms with E-state index in [1.54, 1.807) is 43.6 Å². The molecule has 3 atom stereocenters. The highest BCUT2D eigenvalue weighted by molar-refractivity contribution is 7.66. The molecular formula is C42H52ClF2N6O5P. The van der Waals surface area contributed by atoms with Crippen molar-refractivity contribution in [1.82, 2.24) is 24.6 Å². The number of anilines is 1. The fourth-order valence-corrected chi connectivity index (χ4v) is 9.85. The Morgan fingerprint density at radius 3 is 2.35 bits per heavy atom. The van der Waals surface area contributed by atoms with Gasteiger partial charge in [-0.05, 0) is 67.5 Å². The largest absolute Gasteiger partial charge is 0.354 e. The van der Waals surface area contributed by atoms with Crippen LogP contribution in [0.1, 0.15) is 106 Å². The summed E-state index contributed by atoms with van der Waals surface area (Å²) >= 11 is 6.29. The van der Waals surface area contributed by atoms with Crippen molar-refractivity contribution in [3.05, 3.63) is 64.3 Å². The standard InChI is InChI=1S/C42H52ClF2N6O5P/c1-4-56-57(3,55)38-22-35-33-21-32(38)30-23-47-42(48-24-30)46-17-13-11-9-7-5-6-8-10-12-14-28-18-29(40(45)34(43)19-28)15-16-37(53)36-20-31(44)25-50(36)39(54)26-51(35)49-41(33)27(2)52/h18-19,21-24,31,36H,4-17,20,25-26H2,1-3H3,(H,46,47,48)/t31-,36+,57?/m1/s1. The zero-order chi connectivity index (χ0) is 40.7. The first-order valence-corrected chi connectivity index (χ1v) is 22.6. The summed E-state index contributed by atoms with van der Waals surface area (Å²) in [7, 11) is -3.48. The number of aryl methyl sites for hydroxylation is 2. The number of nitrogens with one attached hydrogen (secondary N) is 1. The summed E-state index contributed by atoms with van der Waals surface area (Å²) < 4.78 is 51.4. The summed E-state index contributed by atoms with van der Waals surface area (Å²) in [5, 5.41) is 8.53. The molecule has 0 saturated carbocycles. The number of halogens is 3. The van der Waals surface area contributed by atoms with Gasteiger partial charge < -0.3 is 14.7 Å². The van der Waals surface area contributed by atoms with E-state index in [0.29, 0.717) is 38.8 Å². The minimum absolute atomic E-state index is 0.00508. The average Bonchev–Trinajstić information content (AvgIpc) is 3.75. The van der Waals surface area contributed by atoms with E-state index in [4.69, 9.17) is 16.1 Å². The van der Waals surface area contributed by atoms with Crippen LogP contribution in [0.2, 0.25) is 5.02 Å². The van der Waals surface area contributed by atoms with E-state index in [-0.39, 0.29) is 54.7 Å². The number of amides is 1. The van der Waals surface area contributed by atoms with Crippen molar-refractivity contribution in [2.45, 2.75) is 116 Å². The lowest BCUT2D eigenvalue weighted by Gasteiger charge is -2.24. The molecule has 1 fully saturated rings. The van der Waals surface area contributed by atoms with Crippen molar-refractivity contribution in [2.24, 2.45) is 0 Å². The van der Waals surface area contributed by atoms with Crippen LogP contribution in [0.15, 0.2) is 36.7 Å². The first-order chi connectivity index (χ1) is 27.4. The molecule has 57 heavy (non-hydrogen) atoms. The van der Waals surface area contributed by atoms with Gasteiger partial charge in [0, 0.05) is 61.6 Å². The summed E-state index contributed by atoms with van der Waals surface area (Å²) in [6.45, 7) is 4.78. The third-order valence-electron chi connectivity index (χ3n) is 10.9. The molecule has 11 nitrogen and oxygen atoms in total. The van der Waals surface area contributed by atoms with Crippen LogP contribution in [0.4, 0.5) is 14.7 Å². The highest BCUT2D eigenvalue weighted by Gasteiger charge is 2.40. The van der Waals surface area contributed by atoms with Crippen LogP contribution in [0.25, 0.3) is 22.0 Å². The maximum absolute atomic E-state index is 15.2. The van der Waals surface area contributed by atoms with Gasteiger partial charge in [-0.1, -0.05) is 62.6 Å². The van der Waals surface area contributed by atoms with Gasteiger partial charge in [0.1, 0.15) is 24.2 Å². The maximum Gasteiger partial charge on any atom is 0.245 e. The molecule has 1 N–H and O–H groups in total. The predicted molar refractivity (Wildman–Crippen MR) is 219 cm³/mol. The Bertz CT molecular complexity index is 2150. The number of carbonyl (C=O) groups is 3. The second-order valence-corrected chi connectivity index (χ2v) is 18.1. The van der Waals surface area contributed by atoms with Crippen LogP contribution >= 0.6 is 19.0 Å². The molecule has 0 spiro atoms. The van der Waals surface area contributed by atoms with Crippen molar-refractivity contribution in [2.75, 3.05) is 31.7 Å². The fourth-order valence-electron chi connectivity index (χ4n) is 7.97. The monoisotopic (exact) mass is 824 g/mol. The van der Waals surface area contributed by atoms with Crippen LogP contribution in [-0.2, 0) is 38.1 Å². The van der Waals surface area contributed by atoms with Gasteiger partial charge in [-0.2, -0.15) is 5.10 Å². The van der Waals surface area contributed by atoms with Gasteiger partial charge >= 0.3 is 0 Å². The zero-order valence-electron chi connectivity index (χ0n) is 33.0. The highest BCUT2D eigenvalue weighted by Crippen LogP contribution is 2.45. The number of nitrogens with zero attached hydrogens (tertiary/aromatic N) is 5. The van der Waals surface area contributed by atoms with Gasteiger partial charge in [-0.25, -0.2) is 18.7 Å². The molecule has 4 aromatic rings. The minimum atomic E-state index is -3.48. The summed E-state index contributed by atoms with van der Waals surface area (Å²) in [4.78, 5) is 50.8. The number of carbonyl (C=O) groups excluding carboxylic acids is 3. The topological polar surface area (TPSA) is 136 Å². The number of benzene rings is 2. The molecule has 5 aliphatic rings. The number of aromatic nitrogens is 4. The van der Waals surface area contributed by atoms with E-state index in [1.807, 2.05) is 0 Å². The first-order valence-electron chi connectivity index (χ1n) is 20.1. The second-order valence-electron chi connectivity index (χ2n) is 15.3. The number of hydrogen-bond donors (Lipinski definition) is 1. The molecule has 8 bridgehead atoms. The third kappa shape index (κ3) is 10.3. The first kappa shape index (κ1) is 42.5. The van der Waals surface area contributed by atoms with Crippen molar-refractivity contribution < 1.29 is 32.3 Å². The predicted octanol–water partition coefficient (Wildman–Crippen LogP) is 8.68. The molecule has 2 aromatic carbocycles. The molecule has 15 heteroatoms. The molecule has 9 rings (SSSR count). The second kappa shape index (κ2) is 19.1. The van der Waals surface area contributed by atoms with E-state index in [0.717, 1.165) is 63.5 Å². The summed E-state index contributed by atoms with van der Waals surface area (Å²) in [6, 6.07) is 5.65. The van der Waals surface area contributed by atoms with Crippen LogP contribution in [0.3, 0.4) is 0 Å². The molecule has 7 heterocycles. The van der Waals surface area contributed by atoms with Crippen molar-refractivity contribution in [3.8, 4) is 11.1 Å². The number of ketones is 2. The molecular weight excluding hydrogens is 773 g/mol. The minimum Gasteiger partial charge on any atom is -0.354 e. The lowest BCUT2D eigenvalue weighted by molar-refractivity contribution is -0.138. The van der Waals surface area contributed by atoms with E-state index >= 15 is 4.39 Å². The van der Waals surface area contributed by atoms with Gasteiger partial charge in [0.25, 0.3) is 0 Å². The lowest BCUT2D eigenvalue weighted by atomic mass is 9.98. The van der Waals surface area contributed by atoms with E-state index in [2.05, 4.69) is 20.4 Å². The maximum atomic E-state index is 15.2. The SMILES string of the molecule is CCOP(C)(=O)c1cc2c3cc1-c1cnc(nc1)NCCCCCCCCCCCc1cc(Cl)c(F)c(c1)CCC(=O)[C@@H]1C[C@@H](F)CN1C(=O)Cn2nc3C(C)=O. The Morgan fingerprint density at radius 2 is 1.67 bits per heavy atom. The van der Waals surface area contributed by atoms with Crippen molar-refractivity contribution in [1.29, 1.82) is 0 Å². The highest BCUT2D eigenvalue weighted by atomic mass is 35.5. The molecule has 1 unspecified atom stereocenters. The van der Waals surface area contributed by atoms with E-state index < -0.39 is 37.9 Å². The molecule has 0 radical (unpaired) electrons. The zero-order valence-corrected chi connectivity index (χ0v) is 34.6. The Labute approximate surface area is 337 Å². The Kier molecular flexibility index (Phi) is 14.3.